The van der Waals surface area contributed by atoms with E-state index in [-0.39, 0.29) is 24.3 Å². The summed E-state index contributed by atoms with van der Waals surface area (Å²) in [5.41, 5.74) is 2.12. The number of aromatic nitrogens is 3. The maximum absolute atomic E-state index is 12.5. The minimum absolute atomic E-state index is 0.0513. The van der Waals surface area contributed by atoms with Crippen LogP contribution < -0.4 is 0 Å². The molecule has 23 heavy (non-hydrogen) atoms. The van der Waals surface area contributed by atoms with Crippen molar-refractivity contribution in [1.29, 1.82) is 5.26 Å². The molecular formula is C15H13Cl2N5O. The SMILES string of the molecule is CC1c2cc(Cl)c(Cl)cc2CCN1C(=O)Cn1cnc(C#N)n1. The quantitative estimate of drug-likeness (QED) is 0.834. The van der Waals surface area contributed by atoms with Crippen LogP contribution in [0.4, 0.5) is 0 Å². The van der Waals surface area contributed by atoms with E-state index < -0.39 is 0 Å². The van der Waals surface area contributed by atoms with Crippen LogP contribution in [0.3, 0.4) is 0 Å². The Morgan fingerprint density at radius 1 is 1.43 bits per heavy atom. The summed E-state index contributed by atoms with van der Waals surface area (Å²) >= 11 is 12.2. The first-order chi connectivity index (χ1) is 11.0. The second-order valence-corrected chi connectivity index (χ2v) is 6.17. The van der Waals surface area contributed by atoms with Crippen LogP contribution in [0, 0.1) is 11.3 Å². The number of nitrogens with zero attached hydrogens (tertiary/aromatic N) is 5. The fourth-order valence-corrected chi connectivity index (χ4v) is 3.16. The third-order valence-electron chi connectivity index (χ3n) is 3.98. The highest BCUT2D eigenvalue weighted by atomic mass is 35.5. The normalized spacial score (nSPS) is 16.8. The molecule has 0 N–H and O–H groups in total. The zero-order chi connectivity index (χ0) is 16.6. The van der Waals surface area contributed by atoms with Crippen LogP contribution in [-0.2, 0) is 17.8 Å². The van der Waals surface area contributed by atoms with E-state index in [0.717, 1.165) is 17.5 Å². The van der Waals surface area contributed by atoms with E-state index in [1.807, 2.05) is 25.1 Å². The lowest BCUT2D eigenvalue weighted by Gasteiger charge is -2.35. The van der Waals surface area contributed by atoms with Crippen LogP contribution in [0.15, 0.2) is 18.5 Å². The van der Waals surface area contributed by atoms with Gasteiger partial charge in [0.2, 0.25) is 5.91 Å². The number of rotatable bonds is 2. The first-order valence-electron chi connectivity index (χ1n) is 7.06. The predicted molar refractivity (Wildman–Crippen MR) is 85.0 cm³/mol. The lowest BCUT2D eigenvalue weighted by atomic mass is 9.93. The van der Waals surface area contributed by atoms with E-state index in [9.17, 15) is 4.79 Å². The van der Waals surface area contributed by atoms with Gasteiger partial charge in [0.25, 0.3) is 5.82 Å². The third-order valence-corrected chi connectivity index (χ3v) is 4.70. The van der Waals surface area contributed by atoms with Gasteiger partial charge in [-0.2, -0.15) is 5.26 Å². The van der Waals surface area contributed by atoms with Crippen molar-refractivity contribution in [2.24, 2.45) is 0 Å². The van der Waals surface area contributed by atoms with Gasteiger partial charge in [-0.3, -0.25) is 4.79 Å². The zero-order valence-corrected chi connectivity index (χ0v) is 13.8. The van der Waals surface area contributed by atoms with Crippen LogP contribution in [0.25, 0.3) is 0 Å². The molecule has 6 nitrogen and oxygen atoms in total. The van der Waals surface area contributed by atoms with Crippen molar-refractivity contribution in [3.63, 3.8) is 0 Å². The molecule has 1 aliphatic rings. The summed E-state index contributed by atoms with van der Waals surface area (Å²) in [6.07, 6.45) is 2.11. The second kappa shape index (κ2) is 6.19. The molecule has 0 saturated heterocycles. The third kappa shape index (κ3) is 3.03. The molecule has 1 aromatic heterocycles. The molecule has 0 radical (unpaired) electrons. The molecule has 1 atom stereocenters. The van der Waals surface area contributed by atoms with Gasteiger partial charge in [0.1, 0.15) is 18.9 Å². The van der Waals surface area contributed by atoms with Crippen molar-refractivity contribution < 1.29 is 4.79 Å². The smallest absolute Gasteiger partial charge is 0.252 e. The van der Waals surface area contributed by atoms with Gasteiger partial charge >= 0.3 is 0 Å². The number of amides is 1. The summed E-state index contributed by atoms with van der Waals surface area (Å²) in [7, 11) is 0. The Morgan fingerprint density at radius 3 is 2.87 bits per heavy atom. The lowest BCUT2D eigenvalue weighted by molar-refractivity contribution is -0.134. The fraction of sp³-hybridized carbons (Fsp3) is 0.333. The number of carbonyl (C=O) groups excluding carboxylic acids is 1. The van der Waals surface area contributed by atoms with Gasteiger partial charge in [-0.05, 0) is 36.6 Å². The number of benzene rings is 1. The molecule has 1 unspecified atom stereocenters. The van der Waals surface area contributed by atoms with Crippen molar-refractivity contribution in [3.05, 3.63) is 45.5 Å². The number of hydrogen-bond acceptors (Lipinski definition) is 4. The molecule has 8 heteroatoms. The summed E-state index contributed by atoms with van der Waals surface area (Å²) in [5.74, 6) is -0.0279. The molecule has 0 saturated carbocycles. The van der Waals surface area contributed by atoms with Gasteiger partial charge in [-0.1, -0.05) is 23.2 Å². The molecule has 3 rings (SSSR count). The van der Waals surface area contributed by atoms with Crippen molar-refractivity contribution in [2.75, 3.05) is 6.54 Å². The molecule has 1 aliphatic heterocycles. The molecule has 118 valence electrons. The topological polar surface area (TPSA) is 74.8 Å². The van der Waals surface area contributed by atoms with E-state index in [4.69, 9.17) is 28.5 Å². The van der Waals surface area contributed by atoms with Gasteiger partial charge in [-0.15, -0.1) is 5.10 Å². The van der Waals surface area contributed by atoms with Crippen LogP contribution in [0.2, 0.25) is 10.0 Å². The van der Waals surface area contributed by atoms with E-state index in [1.165, 1.54) is 11.0 Å². The van der Waals surface area contributed by atoms with Crippen LogP contribution in [-0.4, -0.2) is 32.1 Å². The molecular weight excluding hydrogens is 337 g/mol. The summed E-state index contributed by atoms with van der Waals surface area (Å²) < 4.78 is 1.37. The Kier molecular flexibility index (Phi) is 4.24. The Bertz CT molecular complexity index is 811. The largest absolute Gasteiger partial charge is 0.334 e. The van der Waals surface area contributed by atoms with Crippen molar-refractivity contribution in [2.45, 2.75) is 25.9 Å². The fourth-order valence-electron chi connectivity index (χ4n) is 2.80. The Balaban J connectivity index is 1.80. The first kappa shape index (κ1) is 15.8. The Hall–Kier alpha value is -2.10. The highest BCUT2D eigenvalue weighted by molar-refractivity contribution is 6.42. The molecule has 0 aliphatic carbocycles. The summed E-state index contributed by atoms with van der Waals surface area (Å²) in [4.78, 5) is 18.1. The van der Waals surface area contributed by atoms with Crippen LogP contribution in [0.1, 0.15) is 29.9 Å². The van der Waals surface area contributed by atoms with Crippen molar-refractivity contribution in [3.8, 4) is 6.07 Å². The standard InChI is InChI=1S/C15H13Cl2N5O/c1-9-11-5-13(17)12(16)4-10(11)2-3-22(9)15(23)7-21-8-19-14(6-18)20-21/h4-5,8-9H,2-3,7H2,1H3. The van der Waals surface area contributed by atoms with Gasteiger partial charge in [-0.25, -0.2) is 9.67 Å². The lowest BCUT2D eigenvalue weighted by Crippen LogP contribution is -2.40. The van der Waals surface area contributed by atoms with E-state index >= 15 is 0 Å². The van der Waals surface area contributed by atoms with Crippen molar-refractivity contribution >= 4 is 29.1 Å². The number of nitriles is 1. The van der Waals surface area contributed by atoms with Crippen molar-refractivity contribution in [1.82, 2.24) is 19.7 Å². The first-order valence-corrected chi connectivity index (χ1v) is 7.82. The van der Waals surface area contributed by atoms with E-state index in [2.05, 4.69) is 10.1 Å². The van der Waals surface area contributed by atoms with Gasteiger partial charge in [0, 0.05) is 6.54 Å². The molecule has 1 amide bonds. The highest BCUT2D eigenvalue weighted by Gasteiger charge is 2.28. The van der Waals surface area contributed by atoms with Gasteiger partial charge in [0.05, 0.1) is 16.1 Å². The number of halogens is 2. The highest BCUT2D eigenvalue weighted by Crippen LogP contribution is 2.35. The Morgan fingerprint density at radius 2 is 2.17 bits per heavy atom. The predicted octanol–water partition coefficient (Wildman–Crippen LogP) is 2.60. The Labute approximate surface area is 143 Å². The number of hydrogen-bond donors (Lipinski definition) is 0. The zero-order valence-electron chi connectivity index (χ0n) is 12.3. The summed E-state index contributed by atoms with van der Waals surface area (Å²) in [6.45, 7) is 2.61. The van der Waals surface area contributed by atoms with Crippen LogP contribution >= 0.6 is 23.2 Å². The monoisotopic (exact) mass is 349 g/mol. The van der Waals surface area contributed by atoms with Crippen LogP contribution in [0.5, 0.6) is 0 Å². The van der Waals surface area contributed by atoms with Gasteiger partial charge < -0.3 is 4.90 Å². The second-order valence-electron chi connectivity index (χ2n) is 5.36. The maximum atomic E-state index is 12.5. The maximum Gasteiger partial charge on any atom is 0.252 e. The molecule has 0 spiro atoms. The summed E-state index contributed by atoms with van der Waals surface area (Å²) in [5, 5.41) is 13.7. The average molecular weight is 350 g/mol. The minimum atomic E-state index is -0.0972. The molecule has 2 aromatic rings. The number of carbonyl (C=O) groups is 1. The van der Waals surface area contributed by atoms with E-state index in [0.29, 0.717) is 16.6 Å². The average Bonchev–Trinajstić information content (AvgIpc) is 2.97. The molecule has 1 aromatic carbocycles. The summed E-state index contributed by atoms with van der Waals surface area (Å²) in [6, 6.07) is 5.44. The minimum Gasteiger partial charge on any atom is -0.334 e. The van der Waals surface area contributed by atoms with Gasteiger partial charge in [0.15, 0.2) is 0 Å². The molecule has 2 heterocycles. The number of fused-ring (bicyclic) bond motifs is 1. The van der Waals surface area contributed by atoms with E-state index in [1.54, 1.807) is 4.90 Å². The molecule has 0 bridgehead atoms. The molecule has 0 fully saturated rings.